The fourth-order valence-electron chi connectivity index (χ4n) is 1.36. The van der Waals surface area contributed by atoms with Crippen LogP contribution >= 0.6 is 15.9 Å². The number of carbonyl (C=O) groups excluding carboxylic acids is 1. The van der Waals surface area contributed by atoms with E-state index < -0.39 is 5.97 Å². The van der Waals surface area contributed by atoms with E-state index in [9.17, 15) is 4.79 Å². The number of hydrogen-bond acceptors (Lipinski definition) is 4. The number of rotatable bonds is 3. The number of aromatic nitrogens is 1. The zero-order valence-corrected chi connectivity index (χ0v) is 10.7. The van der Waals surface area contributed by atoms with Gasteiger partial charge in [-0.2, -0.15) is 0 Å². The van der Waals surface area contributed by atoms with Crippen LogP contribution in [0.25, 0.3) is 11.3 Å². The van der Waals surface area contributed by atoms with Crippen LogP contribution in [-0.4, -0.2) is 17.7 Å². The monoisotopic (exact) mass is 295 g/mol. The molecule has 0 atom stereocenters. The lowest BCUT2D eigenvalue weighted by atomic mass is 10.1. The standard InChI is InChI=1S/C12H10BrNO3/c1-2-16-12(15)11-7-10(14-17-11)8-4-3-5-9(13)6-8/h3-7H,2H2,1H3. The molecule has 0 bridgehead atoms. The molecule has 17 heavy (non-hydrogen) atoms. The Morgan fingerprint density at radius 3 is 3.00 bits per heavy atom. The highest BCUT2D eigenvalue weighted by Crippen LogP contribution is 2.22. The van der Waals surface area contributed by atoms with Crippen molar-refractivity contribution in [2.75, 3.05) is 6.61 Å². The van der Waals surface area contributed by atoms with Crippen LogP contribution in [0.1, 0.15) is 17.5 Å². The van der Waals surface area contributed by atoms with Gasteiger partial charge in [0.15, 0.2) is 0 Å². The summed E-state index contributed by atoms with van der Waals surface area (Å²) in [5.41, 5.74) is 1.48. The minimum atomic E-state index is -0.499. The van der Waals surface area contributed by atoms with E-state index in [1.165, 1.54) is 0 Å². The van der Waals surface area contributed by atoms with Crippen molar-refractivity contribution in [1.29, 1.82) is 0 Å². The van der Waals surface area contributed by atoms with Crippen LogP contribution in [0.2, 0.25) is 0 Å². The number of hydrogen-bond donors (Lipinski definition) is 0. The first-order valence-corrected chi connectivity index (χ1v) is 5.90. The largest absolute Gasteiger partial charge is 0.460 e. The Morgan fingerprint density at radius 1 is 1.47 bits per heavy atom. The van der Waals surface area contributed by atoms with Crippen molar-refractivity contribution < 1.29 is 14.1 Å². The fourth-order valence-corrected chi connectivity index (χ4v) is 1.76. The van der Waals surface area contributed by atoms with E-state index in [0.717, 1.165) is 10.0 Å². The van der Waals surface area contributed by atoms with Crippen molar-refractivity contribution in [3.8, 4) is 11.3 Å². The van der Waals surface area contributed by atoms with Crippen molar-refractivity contribution >= 4 is 21.9 Å². The van der Waals surface area contributed by atoms with Gasteiger partial charge in [-0.25, -0.2) is 4.79 Å². The Hall–Kier alpha value is -1.62. The van der Waals surface area contributed by atoms with Gasteiger partial charge < -0.3 is 9.26 Å². The number of benzene rings is 1. The second-order valence-corrected chi connectivity index (χ2v) is 4.22. The molecule has 0 unspecified atom stereocenters. The van der Waals surface area contributed by atoms with Gasteiger partial charge in [-0.3, -0.25) is 0 Å². The molecule has 0 aliphatic heterocycles. The third-order valence-corrected chi connectivity index (χ3v) is 2.60. The van der Waals surface area contributed by atoms with Gasteiger partial charge in [-0.1, -0.05) is 33.2 Å². The van der Waals surface area contributed by atoms with Crippen molar-refractivity contribution in [3.63, 3.8) is 0 Å². The van der Waals surface area contributed by atoms with E-state index in [1.54, 1.807) is 13.0 Å². The van der Waals surface area contributed by atoms with E-state index >= 15 is 0 Å². The molecule has 0 saturated heterocycles. The molecule has 0 spiro atoms. The SMILES string of the molecule is CCOC(=O)c1cc(-c2cccc(Br)c2)no1. The van der Waals surface area contributed by atoms with Crippen LogP contribution in [0.3, 0.4) is 0 Å². The molecule has 2 aromatic rings. The lowest BCUT2D eigenvalue weighted by Crippen LogP contribution is -2.02. The maximum absolute atomic E-state index is 11.4. The van der Waals surface area contributed by atoms with Gasteiger partial charge >= 0.3 is 5.97 Å². The van der Waals surface area contributed by atoms with Crippen LogP contribution in [0.4, 0.5) is 0 Å². The minimum Gasteiger partial charge on any atom is -0.460 e. The molecule has 0 amide bonds. The maximum atomic E-state index is 11.4. The highest BCUT2D eigenvalue weighted by Gasteiger charge is 2.14. The Balaban J connectivity index is 2.27. The zero-order valence-electron chi connectivity index (χ0n) is 9.14. The summed E-state index contributed by atoms with van der Waals surface area (Å²) in [5, 5.41) is 3.83. The average molecular weight is 296 g/mol. The van der Waals surface area contributed by atoms with Crippen LogP contribution < -0.4 is 0 Å². The van der Waals surface area contributed by atoms with E-state index in [1.807, 2.05) is 24.3 Å². The highest BCUT2D eigenvalue weighted by atomic mass is 79.9. The molecule has 0 aliphatic rings. The summed E-state index contributed by atoms with van der Waals surface area (Å²) in [6.07, 6.45) is 0. The normalized spacial score (nSPS) is 10.2. The summed E-state index contributed by atoms with van der Waals surface area (Å²) in [6.45, 7) is 2.05. The second-order valence-electron chi connectivity index (χ2n) is 3.31. The summed E-state index contributed by atoms with van der Waals surface area (Å²) in [6, 6.07) is 9.15. The number of esters is 1. The lowest BCUT2D eigenvalue weighted by molar-refractivity contribution is 0.0480. The number of carbonyl (C=O) groups is 1. The Kier molecular flexibility index (Phi) is 3.58. The van der Waals surface area contributed by atoms with E-state index in [4.69, 9.17) is 9.26 Å². The quantitative estimate of drug-likeness (QED) is 0.816. The van der Waals surface area contributed by atoms with Gasteiger partial charge in [0, 0.05) is 16.1 Å². The first kappa shape index (κ1) is 11.9. The van der Waals surface area contributed by atoms with Gasteiger partial charge in [0.1, 0.15) is 5.69 Å². The smallest absolute Gasteiger partial charge is 0.377 e. The molecule has 1 heterocycles. The first-order chi connectivity index (χ1) is 8.20. The van der Waals surface area contributed by atoms with Gasteiger partial charge in [0.25, 0.3) is 0 Å². The van der Waals surface area contributed by atoms with Crippen LogP contribution in [0.15, 0.2) is 39.3 Å². The minimum absolute atomic E-state index is 0.113. The topological polar surface area (TPSA) is 52.3 Å². The molecule has 1 aromatic carbocycles. The number of halogens is 1. The summed E-state index contributed by atoms with van der Waals surface area (Å²) < 4.78 is 10.7. The Bertz CT molecular complexity index is 536. The van der Waals surface area contributed by atoms with Crippen LogP contribution in [0, 0.1) is 0 Å². The predicted octanol–water partition coefficient (Wildman–Crippen LogP) is 3.28. The number of nitrogens with zero attached hydrogens (tertiary/aromatic N) is 1. The Morgan fingerprint density at radius 2 is 2.29 bits per heavy atom. The maximum Gasteiger partial charge on any atom is 0.377 e. The van der Waals surface area contributed by atoms with Gasteiger partial charge in [0.05, 0.1) is 6.61 Å². The van der Waals surface area contributed by atoms with Crippen LogP contribution in [-0.2, 0) is 4.74 Å². The summed E-state index contributed by atoms with van der Waals surface area (Å²) in [5.74, 6) is -0.386. The van der Waals surface area contributed by atoms with Gasteiger partial charge in [0.2, 0.25) is 5.76 Å². The van der Waals surface area contributed by atoms with Crippen molar-refractivity contribution in [3.05, 3.63) is 40.6 Å². The molecular formula is C12H10BrNO3. The third kappa shape index (κ3) is 2.74. The molecule has 4 nitrogen and oxygen atoms in total. The van der Waals surface area contributed by atoms with Gasteiger partial charge in [-0.05, 0) is 19.1 Å². The molecule has 0 N–H and O–H groups in total. The highest BCUT2D eigenvalue weighted by molar-refractivity contribution is 9.10. The molecule has 0 radical (unpaired) electrons. The molecule has 2 rings (SSSR count). The van der Waals surface area contributed by atoms with Crippen molar-refractivity contribution in [2.24, 2.45) is 0 Å². The van der Waals surface area contributed by atoms with Crippen molar-refractivity contribution in [1.82, 2.24) is 5.16 Å². The summed E-state index contributed by atoms with van der Waals surface area (Å²) in [7, 11) is 0. The fraction of sp³-hybridized carbons (Fsp3) is 0.167. The summed E-state index contributed by atoms with van der Waals surface area (Å²) in [4.78, 5) is 11.4. The molecule has 0 aliphatic carbocycles. The van der Waals surface area contributed by atoms with Crippen LogP contribution in [0.5, 0.6) is 0 Å². The second kappa shape index (κ2) is 5.14. The van der Waals surface area contributed by atoms with Crippen molar-refractivity contribution in [2.45, 2.75) is 6.92 Å². The first-order valence-electron chi connectivity index (χ1n) is 5.10. The molecular weight excluding hydrogens is 286 g/mol. The number of ether oxygens (including phenoxy) is 1. The van der Waals surface area contributed by atoms with E-state index in [-0.39, 0.29) is 5.76 Å². The third-order valence-electron chi connectivity index (χ3n) is 2.11. The molecule has 0 fully saturated rings. The molecule has 1 aromatic heterocycles. The summed E-state index contributed by atoms with van der Waals surface area (Å²) >= 11 is 3.37. The van der Waals surface area contributed by atoms with E-state index in [0.29, 0.717) is 12.3 Å². The van der Waals surface area contributed by atoms with Gasteiger partial charge in [-0.15, -0.1) is 0 Å². The zero-order chi connectivity index (χ0) is 12.3. The molecule has 88 valence electrons. The molecule has 0 saturated carbocycles. The Labute approximate surface area is 107 Å². The molecule has 5 heteroatoms. The lowest BCUT2D eigenvalue weighted by Gasteiger charge is -1.95. The van der Waals surface area contributed by atoms with E-state index in [2.05, 4.69) is 21.1 Å². The predicted molar refractivity (Wildman–Crippen MR) is 65.6 cm³/mol. The average Bonchev–Trinajstić information content (AvgIpc) is 2.78.